The van der Waals surface area contributed by atoms with E-state index in [9.17, 15) is 19.4 Å². The maximum atomic E-state index is 13.0. The number of phosphoric ester groups is 1. The molecule has 0 aromatic heterocycles. The number of phosphoric acid groups is 1. The van der Waals surface area contributed by atoms with Gasteiger partial charge in [0.15, 0.2) is 0 Å². The Morgan fingerprint density at radius 1 is 0.480 bits per heavy atom. The SMILES string of the molecule is CC/C=C\C/C=C\C/C=C\C/C=C\C/C=C\C/C=C\CCCCCCCCCCCCCCCCC(=O)NC(COP(=O)([O-])OCC[N+](C)(C)C)C(O)CCCCCCCCCCCCCCCCCCCCCC. The predicted octanol–water partition coefficient (Wildman–Crippen LogP) is 19.2. The topological polar surface area (TPSA) is 108 Å². The van der Waals surface area contributed by atoms with Crippen molar-refractivity contribution in [2.45, 2.75) is 302 Å². The van der Waals surface area contributed by atoms with Crippen molar-refractivity contribution in [1.29, 1.82) is 0 Å². The maximum Gasteiger partial charge on any atom is 0.268 e. The summed E-state index contributed by atoms with van der Waals surface area (Å²) in [4.78, 5) is 25.6. The average Bonchev–Trinajstić information content (AvgIpc) is 3.37. The molecule has 75 heavy (non-hydrogen) atoms. The summed E-state index contributed by atoms with van der Waals surface area (Å²) in [5, 5.41) is 14.1. The van der Waals surface area contributed by atoms with E-state index in [1.54, 1.807) is 0 Å². The number of carbonyl (C=O) groups is 1. The lowest BCUT2D eigenvalue weighted by Gasteiger charge is -2.30. The fourth-order valence-corrected chi connectivity index (χ4v) is 10.0. The van der Waals surface area contributed by atoms with Gasteiger partial charge >= 0.3 is 0 Å². The minimum Gasteiger partial charge on any atom is -0.756 e. The highest BCUT2D eigenvalue weighted by Crippen LogP contribution is 2.38. The van der Waals surface area contributed by atoms with Gasteiger partial charge in [0, 0.05) is 6.42 Å². The highest BCUT2D eigenvalue weighted by molar-refractivity contribution is 7.45. The normalized spacial score (nSPS) is 14.3. The summed E-state index contributed by atoms with van der Waals surface area (Å²) in [5.74, 6) is -0.164. The van der Waals surface area contributed by atoms with E-state index < -0.39 is 20.0 Å². The number of amides is 1. The van der Waals surface area contributed by atoms with Crippen LogP contribution in [-0.2, 0) is 18.4 Å². The molecule has 1 amide bonds. The minimum absolute atomic E-state index is 0.0109. The summed E-state index contributed by atoms with van der Waals surface area (Å²) in [6.45, 7) is 4.64. The predicted molar refractivity (Wildman–Crippen MR) is 325 cm³/mol. The van der Waals surface area contributed by atoms with Gasteiger partial charge in [-0.2, -0.15) is 0 Å². The molecule has 0 saturated carbocycles. The Bertz CT molecular complexity index is 1450. The van der Waals surface area contributed by atoms with Crippen molar-refractivity contribution in [3.8, 4) is 0 Å². The second-order valence-electron chi connectivity index (χ2n) is 22.7. The number of carbonyl (C=O) groups excluding carboxylic acids is 1. The van der Waals surface area contributed by atoms with Gasteiger partial charge < -0.3 is 28.8 Å². The molecule has 0 rings (SSSR count). The molecule has 0 aliphatic heterocycles. The van der Waals surface area contributed by atoms with E-state index in [0.29, 0.717) is 23.9 Å². The molecule has 9 heteroatoms. The maximum absolute atomic E-state index is 13.0. The molecule has 0 radical (unpaired) electrons. The Hall–Kier alpha value is -2.06. The fourth-order valence-electron chi connectivity index (χ4n) is 9.28. The fraction of sp³-hybridized carbons (Fsp3) is 0.803. The van der Waals surface area contributed by atoms with Gasteiger partial charge in [-0.3, -0.25) is 9.36 Å². The molecular weight excluding hydrogens is 948 g/mol. The number of likely N-dealkylation sites (N-methyl/N-ethyl adjacent to an activating group) is 1. The van der Waals surface area contributed by atoms with E-state index in [0.717, 1.165) is 77.0 Å². The van der Waals surface area contributed by atoms with Crippen molar-refractivity contribution in [2.75, 3.05) is 40.9 Å². The molecule has 0 spiro atoms. The summed E-state index contributed by atoms with van der Waals surface area (Å²) in [5.41, 5.74) is 0. The second kappa shape index (κ2) is 56.7. The number of aliphatic hydroxyl groups is 1. The van der Waals surface area contributed by atoms with Crippen molar-refractivity contribution in [2.24, 2.45) is 0 Å². The van der Waals surface area contributed by atoms with Crippen LogP contribution in [-0.4, -0.2) is 68.5 Å². The van der Waals surface area contributed by atoms with E-state index in [1.807, 2.05) is 21.1 Å². The number of hydrogen-bond acceptors (Lipinski definition) is 6. The number of nitrogens with zero attached hydrogens (tertiary/aromatic N) is 1. The van der Waals surface area contributed by atoms with Gasteiger partial charge in [0.2, 0.25) is 5.91 Å². The van der Waals surface area contributed by atoms with Crippen LogP contribution >= 0.6 is 7.82 Å². The summed E-state index contributed by atoms with van der Waals surface area (Å²) >= 11 is 0. The van der Waals surface area contributed by atoms with Crippen molar-refractivity contribution in [3.63, 3.8) is 0 Å². The number of allylic oxidation sites excluding steroid dienone is 12. The van der Waals surface area contributed by atoms with Crippen molar-refractivity contribution in [3.05, 3.63) is 72.9 Å². The van der Waals surface area contributed by atoms with Gasteiger partial charge in [-0.05, 0) is 64.2 Å². The van der Waals surface area contributed by atoms with E-state index in [4.69, 9.17) is 9.05 Å². The first-order valence-corrected chi connectivity index (χ1v) is 33.2. The summed E-state index contributed by atoms with van der Waals surface area (Å²) in [6.07, 6.45) is 78.0. The van der Waals surface area contributed by atoms with Gasteiger partial charge in [-0.15, -0.1) is 0 Å². The van der Waals surface area contributed by atoms with E-state index in [-0.39, 0.29) is 19.1 Å². The third-order valence-corrected chi connectivity index (χ3v) is 15.2. The molecule has 8 nitrogen and oxygen atoms in total. The third kappa shape index (κ3) is 59.4. The van der Waals surface area contributed by atoms with Crippen molar-refractivity contribution in [1.82, 2.24) is 5.32 Å². The largest absolute Gasteiger partial charge is 0.756 e. The number of quaternary nitrogens is 1. The molecule has 3 unspecified atom stereocenters. The molecule has 438 valence electrons. The number of aliphatic hydroxyl groups excluding tert-OH is 1. The van der Waals surface area contributed by atoms with Crippen LogP contribution < -0.4 is 10.2 Å². The van der Waals surface area contributed by atoms with Gasteiger partial charge in [-0.1, -0.05) is 292 Å². The number of unbranched alkanes of at least 4 members (excludes halogenated alkanes) is 33. The quantitative estimate of drug-likeness (QED) is 0.0272. The second-order valence-corrected chi connectivity index (χ2v) is 24.2. The average molecular weight is 1070 g/mol. The number of nitrogens with one attached hydrogen (secondary N) is 1. The third-order valence-electron chi connectivity index (χ3n) is 14.2. The van der Waals surface area contributed by atoms with Crippen LogP contribution in [0, 0.1) is 0 Å². The lowest BCUT2D eigenvalue weighted by molar-refractivity contribution is -0.870. The van der Waals surface area contributed by atoms with E-state index >= 15 is 0 Å². The molecule has 0 fully saturated rings. The summed E-state index contributed by atoms with van der Waals surface area (Å²) in [7, 11) is 1.31. The van der Waals surface area contributed by atoms with Crippen LogP contribution in [0.5, 0.6) is 0 Å². The number of hydrogen-bond donors (Lipinski definition) is 2. The molecule has 0 bridgehead atoms. The molecular formula is C66H123N2O6P. The smallest absolute Gasteiger partial charge is 0.268 e. The Morgan fingerprint density at radius 3 is 1.19 bits per heavy atom. The monoisotopic (exact) mass is 1070 g/mol. The van der Waals surface area contributed by atoms with Gasteiger partial charge in [0.25, 0.3) is 7.82 Å². The van der Waals surface area contributed by atoms with Crippen LogP contribution in [0.2, 0.25) is 0 Å². The molecule has 2 N–H and O–H groups in total. The molecule has 0 heterocycles. The first-order valence-electron chi connectivity index (χ1n) is 31.8. The van der Waals surface area contributed by atoms with E-state index in [1.165, 1.54) is 186 Å². The molecule has 3 atom stereocenters. The summed E-state index contributed by atoms with van der Waals surface area (Å²) < 4.78 is 23.5. The molecule has 0 saturated heterocycles. The van der Waals surface area contributed by atoms with Crippen LogP contribution in [0.3, 0.4) is 0 Å². The zero-order valence-electron chi connectivity index (χ0n) is 50.0. The Labute approximate surface area is 465 Å². The Morgan fingerprint density at radius 2 is 0.813 bits per heavy atom. The van der Waals surface area contributed by atoms with Crippen molar-refractivity contribution < 1.29 is 32.9 Å². The molecule has 0 aliphatic carbocycles. The van der Waals surface area contributed by atoms with Crippen LogP contribution in [0.25, 0.3) is 0 Å². The molecule has 0 aromatic rings. The number of rotatable bonds is 58. The van der Waals surface area contributed by atoms with Crippen LogP contribution in [0.1, 0.15) is 290 Å². The summed E-state index contributed by atoms with van der Waals surface area (Å²) in [6, 6.07) is -0.805. The lowest BCUT2D eigenvalue weighted by atomic mass is 10.0. The van der Waals surface area contributed by atoms with Crippen LogP contribution in [0.15, 0.2) is 72.9 Å². The van der Waals surface area contributed by atoms with Crippen molar-refractivity contribution >= 4 is 13.7 Å². The highest BCUT2D eigenvalue weighted by atomic mass is 31.2. The minimum atomic E-state index is -4.58. The molecule has 0 aromatic carbocycles. The zero-order valence-corrected chi connectivity index (χ0v) is 50.9. The van der Waals surface area contributed by atoms with Gasteiger partial charge in [0.05, 0.1) is 39.9 Å². The Balaban J connectivity index is 4.08. The van der Waals surface area contributed by atoms with Gasteiger partial charge in [-0.25, -0.2) is 0 Å². The van der Waals surface area contributed by atoms with Gasteiger partial charge in [0.1, 0.15) is 13.2 Å². The lowest BCUT2D eigenvalue weighted by Crippen LogP contribution is -2.46. The first-order chi connectivity index (χ1) is 36.5. The van der Waals surface area contributed by atoms with Crippen LogP contribution in [0.4, 0.5) is 0 Å². The first kappa shape index (κ1) is 72.9. The van der Waals surface area contributed by atoms with E-state index in [2.05, 4.69) is 92.1 Å². The highest BCUT2D eigenvalue weighted by Gasteiger charge is 2.24. The molecule has 0 aliphatic rings. The Kier molecular flexibility index (Phi) is 55.1. The standard InChI is InChI=1S/C66H123N2O6P/c1-6-8-10-12-14-16-18-20-22-24-26-28-29-30-31-32-33-34-35-36-37-38-39-40-42-44-46-48-50-52-54-56-58-60-66(70)67-64(63-74-75(71,72)73-62-61-68(3,4)5)65(69)59-57-55-53-51-49-47-45-43-41-27-25-23-21-19-17-15-13-11-9-7-2/h8,10,14,16,20,22,26,28,30-31,33-34,64-65,69H,6-7,9,11-13,15,17-19,21,23-25,27,29,32,35-63H2,1-5H3,(H-,67,70,71,72)/b10-8-,16-14-,22-20-,28-26-,31-30-,34-33-. The zero-order chi connectivity index (χ0) is 54.9.